The SMILES string of the molecule is C[C@@H](NC(=O)C(=O)c1cc[nH]c1C(=O)O)C(F)(F)F. The summed E-state index contributed by atoms with van der Waals surface area (Å²) in [5, 5.41) is 10.2. The summed E-state index contributed by atoms with van der Waals surface area (Å²) in [6.45, 7) is 0.667. The molecule has 0 spiro atoms. The number of hydrogen-bond donors (Lipinski definition) is 3. The predicted molar refractivity (Wildman–Crippen MR) is 55.7 cm³/mol. The molecule has 104 valence electrons. The molecule has 1 heterocycles. The molecule has 1 aromatic rings. The highest BCUT2D eigenvalue weighted by Gasteiger charge is 2.38. The van der Waals surface area contributed by atoms with Crippen LogP contribution in [0.4, 0.5) is 13.2 Å². The van der Waals surface area contributed by atoms with Crippen molar-refractivity contribution in [1.82, 2.24) is 10.3 Å². The van der Waals surface area contributed by atoms with Crippen molar-refractivity contribution in [1.29, 1.82) is 0 Å². The first-order valence-corrected chi connectivity index (χ1v) is 4.97. The van der Waals surface area contributed by atoms with Crippen molar-refractivity contribution in [2.75, 3.05) is 0 Å². The number of halogens is 3. The molecule has 19 heavy (non-hydrogen) atoms. The molecule has 9 heteroatoms. The number of aromatic nitrogens is 1. The van der Waals surface area contributed by atoms with Gasteiger partial charge in [0, 0.05) is 6.20 Å². The van der Waals surface area contributed by atoms with E-state index in [9.17, 15) is 27.6 Å². The number of alkyl halides is 3. The molecule has 0 saturated heterocycles. The standard InChI is InChI=1S/C10H9F3N2O4/c1-4(10(11,12)13)15-8(17)7(16)5-2-3-14-6(5)9(18)19/h2-4,14H,1H3,(H,15,17)(H,18,19)/t4-/m1/s1. The smallest absolute Gasteiger partial charge is 0.408 e. The summed E-state index contributed by atoms with van der Waals surface area (Å²) in [6.07, 6.45) is -3.60. The van der Waals surface area contributed by atoms with Crippen LogP contribution in [0.3, 0.4) is 0 Å². The maximum absolute atomic E-state index is 12.2. The third kappa shape index (κ3) is 3.33. The number of H-pyrrole nitrogens is 1. The quantitative estimate of drug-likeness (QED) is 0.564. The fraction of sp³-hybridized carbons (Fsp3) is 0.300. The van der Waals surface area contributed by atoms with Crippen LogP contribution in [0.1, 0.15) is 27.8 Å². The first kappa shape index (κ1) is 14.7. The molecule has 1 rings (SSSR count). The molecule has 1 aromatic heterocycles. The number of nitrogens with one attached hydrogen (secondary N) is 2. The van der Waals surface area contributed by atoms with Gasteiger partial charge in [-0.1, -0.05) is 0 Å². The van der Waals surface area contributed by atoms with E-state index in [1.165, 1.54) is 5.32 Å². The number of carbonyl (C=O) groups is 3. The van der Waals surface area contributed by atoms with E-state index in [2.05, 4.69) is 4.98 Å². The van der Waals surface area contributed by atoms with Gasteiger partial charge in [-0.2, -0.15) is 13.2 Å². The van der Waals surface area contributed by atoms with Crippen molar-refractivity contribution >= 4 is 17.7 Å². The molecule has 0 unspecified atom stereocenters. The third-order valence-electron chi connectivity index (χ3n) is 2.25. The highest BCUT2D eigenvalue weighted by atomic mass is 19.4. The lowest BCUT2D eigenvalue weighted by Crippen LogP contribution is -2.45. The van der Waals surface area contributed by atoms with Crippen LogP contribution in [-0.2, 0) is 4.79 Å². The van der Waals surface area contributed by atoms with Gasteiger partial charge in [0.1, 0.15) is 11.7 Å². The number of hydrogen-bond acceptors (Lipinski definition) is 3. The largest absolute Gasteiger partial charge is 0.477 e. The van der Waals surface area contributed by atoms with Crippen LogP contribution in [0.5, 0.6) is 0 Å². The predicted octanol–water partition coefficient (Wildman–Crippen LogP) is 0.963. The van der Waals surface area contributed by atoms with E-state index < -0.39 is 41.1 Å². The normalized spacial score (nSPS) is 12.8. The first-order chi connectivity index (χ1) is 8.64. The number of ketones is 1. The Morgan fingerprint density at radius 3 is 2.42 bits per heavy atom. The van der Waals surface area contributed by atoms with Gasteiger partial charge in [-0.15, -0.1) is 0 Å². The Morgan fingerprint density at radius 1 is 1.37 bits per heavy atom. The number of carbonyl (C=O) groups excluding carboxylic acids is 2. The molecular formula is C10H9F3N2O4. The van der Waals surface area contributed by atoms with Crippen LogP contribution in [0.25, 0.3) is 0 Å². The zero-order valence-electron chi connectivity index (χ0n) is 9.54. The van der Waals surface area contributed by atoms with Crippen LogP contribution in [0, 0.1) is 0 Å². The zero-order valence-corrected chi connectivity index (χ0v) is 9.54. The van der Waals surface area contributed by atoms with Crippen LogP contribution in [-0.4, -0.2) is 40.0 Å². The Balaban J connectivity index is 2.86. The van der Waals surface area contributed by atoms with Crippen LogP contribution >= 0.6 is 0 Å². The minimum absolute atomic E-state index is 0.501. The van der Waals surface area contributed by atoms with Gasteiger partial charge in [0.25, 0.3) is 11.7 Å². The summed E-state index contributed by atoms with van der Waals surface area (Å²) < 4.78 is 36.6. The second kappa shape index (κ2) is 5.12. The van der Waals surface area contributed by atoms with Crippen LogP contribution in [0.15, 0.2) is 12.3 Å². The molecule has 6 nitrogen and oxygen atoms in total. The summed E-state index contributed by atoms with van der Waals surface area (Å²) >= 11 is 0. The molecule has 0 saturated carbocycles. The lowest BCUT2D eigenvalue weighted by molar-refractivity contribution is -0.156. The summed E-state index contributed by atoms with van der Waals surface area (Å²) in [5.74, 6) is -4.37. The van der Waals surface area contributed by atoms with E-state index in [1.807, 2.05) is 0 Å². The molecule has 0 aliphatic heterocycles. The Hall–Kier alpha value is -2.32. The summed E-state index contributed by atoms with van der Waals surface area (Å²) in [5.41, 5.74) is -1.06. The summed E-state index contributed by atoms with van der Waals surface area (Å²) in [4.78, 5) is 35.7. The van der Waals surface area contributed by atoms with Crippen LogP contribution in [0.2, 0.25) is 0 Å². The highest BCUT2D eigenvalue weighted by molar-refractivity contribution is 6.43. The average molecular weight is 278 g/mol. The van der Waals surface area contributed by atoms with Gasteiger partial charge >= 0.3 is 12.1 Å². The molecule has 1 amide bonds. The second-order valence-corrected chi connectivity index (χ2v) is 3.64. The Kier molecular flexibility index (Phi) is 3.98. The number of aromatic carboxylic acids is 1. The van der Waals surface area contributed by atoms with E-state index >= 15 is 0 Å². The van der Waals surface area contributed by atoms with E-state index in [4.69, 9.17) is 5.11 Å². The van der Waals surface area contributed by atoms with E-state index in [-0.39, 0.29) is 0 Å². The van der Waals surface area contributed by atoms with Crippen molar-refractivity contribution in [2.45, 2.75) is 19.1 Å². The highest BCUT2D eigenvalue weighted by Crippen LogP contribution is 2.19. The molecule has 0 bridgehead atoms. The fourth-order valence-corrected chi connectivity index (χ4v) is 1.20. The average Bonchev–Trinajstić information content (AvgIpc) is 2.75. The number of carboxylic acids is 1. The minimum Gasteiger partial charge on any atom is -0.477 e. The number of Topliss-reactive ketones (excluding diaryl/α,β-unsaturated/α-hetero) is 1. The van der Waals surface area contributed by atoms with Crippen molar-refractivity contribution in [3.05, 3.63) is 23.5 Å². The van der Waals surface area contributed by atoms with E-state index in [1.54, 1.807) is 0 Å². The monoisotopic (exact) mass is 278 g/mol. The van der Waals surface area contributed by atoms with Gasteiger partial charge in [0.2, 0.25) is 0 Å². The maximum Gasteiger partial charge on any atom is 0.408 e. The number of carboxylic acid groups (broad SMARTS) is 1. The van der Waals surface area contributed by atoms with Gasteiger partial charge < -0.3 is 15.4 Å². The molecule has 0 aromatic carbocycles. The van der Waals surface area contributed by atoms with Crippen molar-refractivity contribution in [3.63, 3.8) is 0 Å². The summed E-state index contributed by atoms with van der Waals surface area (Å²) in [7, 11) is 0. The Labute approximate surface area is 104 Å². The van der Waals surface area contributed by atoms with Crippen molar-refractivity contribution in [2.24, 2.45) is 0 Å². The molecular weight excluding hydrogens is 269 g/mol. The molecule has 0 aliphatic rings. The van der Waals surface area contributed by atoms with Crippen molar-refractivity contribution in [3.8, 4) is 0 Å². The summed E-state index contributed by atoms with van der Waals surface area (Å²) in [6, 6.07) is -1.21. The van der Waals surface area contributed by atoms with Gasteiger partial charge in [-0.3, -0.25) is 9.59 Å². The first-order valence-electron chi connectivity index (χ1n) is 4.97. The van der Waals surface area contributed by atoms with Crippen LogP contribution < -0.4 is 5.32 Å². The van der Waals surface area contributed by atoms with E-state index in [0.717, 1.165) is 12.3 Å². The van der Waals surface area contributed by atoms with Crippen molar-refractivity contribution < 1.29 is 32.7 Å². The van der Waals surface area contributed by atoms with E-state index in [0.29, 0.717) is 6.92 Å². The van der Waals surface area contributed by atoms with Gasteiger partial charge in [-0.05, 0) is 13.0 Å². The Bertz CT molecular complexity index is 521. The molecule has 0 fully saturated rings. The van der Waals surface area contributed by atoms with Gasteiger partial charge in [0.05, 0.1) is 5.56 Å². The molecule has 0 radical (unpaired) electrons. The maximum atomic E-state index is 12.2. The number of rotatable bonds is 4. The second-order valence-electron chi connectivity index (χ2n) is 3.64. The molecule has 0 aliphatic carbocycles. The Morgan fingerprint density at radius 2 is 1.95 bits per heavy atom. The fourth-order valence-electron chi connectivity index (χ4n) is 1.20. The topological polar surface area (TPSA) is 99.3 Å². The minimum atomic E-state index is -4.69. The third-order valence-corrected chi connectivity index (χ3v) is 2.25. The molecule has 1 atom stereocenters. The van der Waals surface area contributed by atoms with Gasteiger partial charge in [-0.25, -0.2) is 4.79 Å². The lowest BCUT2D eigenvalue weighted by Gasteiger charge is -2.16. The molecule has 3 N–H and O–H groups in total. The number of aromatic amines is 1. The zero-order chi connectivity index (χ0) is 14.8. The lowest BCUT2D eigenvalue weighted by atomic mass is 10.1. The van der Waals surface area contributed by atoms with Gasteiger partial charge in [0.15, 0.2) is 0 Å². The number of amides is 1.